The van der Waals surface area contributed by atoms with E-state index in [1.807, 2.05) is 6.92 Å². The molecule has 5 heteroatoms. The summed E-state index contributed by atoms with van der Waals surface area (Å²) >= 11 is 0. The quantitative estimate of drug-likeness (QED) is 0.848. The number of amides is 1. The molecule has 1 N–H and O–H groups in total. The van der Waals surface area contributed by atoms with E-state index >= 15 is 0 Å². The van der Waals surface area contributed by atoms with Gasteiger partial charge in [0.25, 0.3) is 5.91 Å². The molecule has 17 heavy (non-hydrogen) atoms. The van der Waals surface area contributed by atoms with Crippen LogP contribution in [0.2, 0.25) is 0 Å². The molecule has 92 valence electrons. The lowest BCUT2D eigenvalue weighted by atomic mass is 10.3. The molecule has 1 heterocycles. The van der Waals surface area contributed by atoms with Crippen molar-refractivity contribution in [3.63, 3.8) is 0 Å². The van der Waals surface area contributed by atoms with Crippen LogP contribution in [0, 0.1) is 5.92 Å². The lowest BCUT2D eigenvalue weighted by Gasteiger charge is -2.18. The van der Waals surface area contributed by atoms with Gasteiger partial charge in [0.15, 0.2) is 5.76 Å². The fraction of sp³-hybridized carbons (Fsp3) is 0.500. The number of carbonyl (C=O) groups is 2. The highest BCUT2D eigenvalue weighted by Crippen LogP contribution is 2.30. The molecule has 1 aromatic rings. The molecule has 0 spiro atoms. The van der Waals surface area contributed by atoms with Crippen LogP contribution >= 0.6 is 0 Å². The van der Waals surface area contributed by atoms with Crippen molar-refractivity contribution in [1.29, 1.82) is 0 Å². The maximum atomic E-state index is 12.0. The van der Waals surface area contributed by atoms with Gasteiger partial charge in [0.2, 0.25) is 0 Å². The van der Waals surface area contributed by atoms with Gasteiger partial charge in [0.05, 0.1) is 5.56 Å². The van der Waals surface area contributed by atoms with E-state index in [-0.39, 0.29) is 17.2 Å². The lowest BCUT2D eigenvalue weighted by Crippen LogP contribution is -2.32. The van der Waals surface area contributed by atoms with E-state index in [0.717, 1.165) is 12.8 Å². The fourth-order valence-corrected chi connectivity index (χ4v) is 1.68. The molecule has 0 bridgehead atoms. The monoisotopic (exact) mass is 237 g/mol. The van der Waals surface area contributed by atoms with Gasteiger partial charge in [0, 0.05) is 19.2 Å². The van der Waals surface area contributed by atoms with Crippen molar-refractivity contribution in [3.8, 4) is 0 Å². The summed E-state index contributed by atoms with van der Waals surface area (Å²) in [5.74, 6) is -0.609. The molecule has 0 saturated heterocycles. The zero-order valence-electron chi connectivity index (χ0n) is 9.68. The van der Waals surface area contributed by atoms with E-state index in [1.165, 1.54) is 18.9 Å². The van der Waals surface area contributed by atoms with Gasteiger partial charge in [-0.05, 0) is 25.7 Å². The first-order valence-corrected chi connectivity index (χ1v) is 5.73. The van der Waals surface area contributed by atoms with E-state index in [0.29, 0.717) is 12.5 Å². The summed E-state index contributed by atoms with van der Waals surface area (Å²) in [4.78, 5) is 24.4. The first-order valence-electron chi connectivity index (χ1n) is 5.73. The van der Waals surface area contributed by atoms with Crippen molar-refractivity contribution >= 4 is 11.9 Å². The van der Waals surface area contributed by atoms with Gasteiger partial charge in [-0.3, -0.25) is 4.79 Å². The minimum absolute atomic E-state index is 0.0100. The minimum Gasteiger partial charge on any atom is -0.478 e. The molecule has 0 aromatic carbocycles. The Morgan fingerprint density at radius 2 is 2.24 bits per heavy atom. The Morgan fingerprint density at radius 1 is 1.53 bits per heavy atom. The summed E-state index contributed by atoms with van der Waals surface area (Å²) in [7, 11) is 0. The molecular formula is C12H15NO4. The van der Waals surface area contributed by atoms with Crippen LogP contribution in [0.1, 0.15) is 40.7 Å². The first kappa shape index (κ1) is 11.7. The van der Waals surface area contributed by atoms with Crippen molar-refractivity contribution in [2.24, 2.45) is 5.92 Å². The third-order valence-electron chi connectivity index (χ3n) is 2.90. The first-order chi connectivity index (χ1) is 8.11. The second kappa shape index (κ2) is 4.61. The predicted molar refractivity (Wildman–Crippen MR) is 60.0 cm³/mol. The van der Waals surface area contributed by atoms with Gasteiger partial charge in [-0.25, -0.2) is 4.79 Å². The average Bonchev–Trinajstić information content (AvgIpc) is 2.97. The normalized spacial score (nSPS) is 14.6. The maximum Gasteiger partial charge on any atom is 0.338 e. The smallest absolute Gasteiger partial charge is 0.338 e. The zero-order chi connectivity index (χ0) is 12.4. The van der Waals surface area contributed by atoms with Crippen molar-refractivity contribution in [3.05, 3.63) is 23.7 Å². The second-order valence-corrected chi connectivity index (χ2v) is 4.29. The highest BCUT2D eigenvalue weighted by Gasteiger charge is 2.27. The summed E-state index contributed by atoms with van der Waals surface area (Å²) in [6.45, 7) is 3.25. The topological polar surface area (TPSA) is 70.8 Å². The molecule has 0 radical (unpaired) electrons. The number of carboxylic acid groups (broad SMARTS) is 1. The number of nitrogens with zero attached hydrogens (tertiary/aromatic N) is 1. The van der Waals surface area contributed by atoms with Crippen LogP contribution in [0.3, 0.4) is 0 Å². The summed E-state index contributed by atoms with van der Waals surface area (Å²) in [5, 5.41) is 8.75. The van der Waals surface area contributed by atoms with Crippen molar-refractivity contribution in [2.45, 2.75) is 19.8 Å². The molecular weight excluding hydrogens is 222 g/mol. The number of hydrogen-bond acceptors (Lipinski definition) is 3. The van der Waals surface area contributed by atoms with Gasteiger partial charge in [-0.15, -0.1) is 0 Å². The van der Waals surface area contributed by atoms with Gasteiger partial charge >= 0.3 is 5.97 Å². The Bertz CT molecular complexity index is 433. The number of rotatable bonds is 5. The number of carbonyl (C=O) groups excluding carboxylic acids is 1. The second-order valence-electron chi connectivity index (χ2n) is 4.29. The van der Waals surface area contributed by atoms with Gasteiger partial charge in [0.1, 0.15) is 6.26 Å². The summed E-state index contributed by atoms with van der Waals surface area (Å²) < 4.78 is 5.00. The lowest BCUT2D eigenvalue weighted by molar-refractivity contribution is 0.0693. The number of hydrogen-bond donors (Lipinski definition) is 1. The molecule has 1 aromatic heterocycles. The molecule has 5 nitrogen and oxygen atoms in total. The minimum atomic E-state index is -1.09. The highest BCUT2D eigenvalue weighted by atomic mass is 16.4. The van der Waals surface area contributed by atoms with Gasteiger partial charge in [-0.2, -0.15) is 0 Å². The maximum absolute atomic E-state index is 12.0. The van der Waals surface area contributed by atoms with Crippen LogP contribution in [0.4, 0.5) is 0 Å². The molecule has 1 amide bonds. The standard InChI is InChI=1S/C12H15NO4/c1-2-13(6-8-3-4-8)11(14)10-5-9(7-17-10)12(15)16/h5,7-8H,2-4,6H2,1H3,(H,15,16). The van der Waals surface area contributed by atoms with Crippen LogP contribution in [0.15, 0.2) is 16.7 Å². The molecule has 2 rings (SSSR count). The summed E-state index contributed by atoms with van der Waals surface area (Å²) in [5.41, 5.74) is 0.0100. The molecule has 1 fully saturated rings. The Morgan fingerprint density at radius 3 is 2.71 bits per heavy atom. The van der Waals surface area contributed by atoms with Crippen LogP contribution in [0.5, 0.6) is 0 Å². The Kier molecular flexibility index (Phi) is 3.17. The highest BCUT2D eigenvalue weighted by molar-refractivity contribution is 5.95. The number of furan rings is 1. The van der Waals surface area contributed by atoms with Crippen LogP contribution < -0.4 is 0 Å². The Hall–Kier alpha value is -1.78. The van der Waals surface area contributed by atoms with E-state index in [4.69, 9.17) is 9.52 Å². The van der Waals surface area contributed by atoms with Crippen LogP contribution in [0.25, 0.3) is 0 Å². The Balaban J connectivity index is 2.07. The SMILES string of the molecule is CCN(CC1CC1)C(=O)c1cc(C(=O)O)co1. The van der Waals surface area contributed by atoms with Gasteiger partial charge in [-0.1, -0.05) is 0 Å². The molecule has 1 aliphatic rings. The van der Waals surface area contributed by atoms with E-state index in [2.05, 4.69) is 0 Å². The van der Waals surface area contributed by atoms with Crippen LogP contribution in [-0.2, 0) is 0 Å². The van der Waals surface area contributed by atoms with Crippen molar-refractivity contribution < 1.29 is 19.1 Å². The van der Waals surface area contributed by atoms with Crippen molar-refractivity contribution in [2.75, 3.05) is 13.1 Å². The van der Waals surface area contributed by atoms with Crippen molar-refractivity contribution in [1.82, 2.24) is 4.90 Å². The predicted octanol–water partition coefficient (Wildman–Crippen LogP) is 1.85. The number of carboxylic acids is 1. The summed E-state index contributed by atoms with van der Waals surface area (Å²) in [6.07, 6.45) is 3.44. The largest absolute Gasteiger partial charge is 0.478 e. The number of aromatic carboxylic acids is 1. The third-order valence-corrected chi connectivity index (χ3v) is 2.90. The molecule has 0 aliphatic heterocycles. The molecule has 0 atom stereocenters. The van der Waals surface area contributed by atoms with E-state index in [9.17, 15) is 9.59 Å². The molecule has 0 unspecified atom stereocenters. The third kappa shape index (κ3) is 2.67. The van der Waals surface area contributed by atoms with E-state index < -0.39 is 5.97 Å². The summed E-state index contributed by atoms with van der Waals surface area (Å²) in [6, 6.07) is 1.28. The zero-order valence-corrected chi connectivity index (χ0v) is 9.68. The molecule has 1 aliphatic carbocycles. The molecule has 1 saturated carbocycles. The van der Waals surface area contributed by atoms with Crippen LogP contribution in [-0.4, -0.2) is 35.0 Å². The fourth-order valence-electron chi connectivity index (χ4n) is 1.68. The Labute approximate surface area is 99.0 Å². The van der Waals surface area contributed by atoms with E-state index in [1.54, 1.807) is 4.90 Å². The average molecular weight is 237 g/mol. The van der Waals surface area contributed by atoms with Gasteiger partial charge < -0.3 is 14.4 Å².